The number of aromatic nitrogens is 1. The molecule has 0 fully saturated rings. The van der Waals surface area contributed by atoms with Gasteiger partial charge in [-0.3, -0.25) is 20.2 Å². The van der Waals surface area contributed by atoms with Crippen LogP contribution in [0.5, 0.6) is 11.5 Å². The third-order valence-electron chi connectivity index (χ3n) is 3.52. The second-order valence-electron chi connectivity index (χ2n) is 5.03. The third-order valence-corrected chi connectivity index (χ3v) is 4.44. The first-order valence-corrected chi connectivity index (χ1v) is 7.97. The summed E-state index contributed by atoms with van der Waals surface area (Å²) in [7, 11) is 2.82. The number of benzene rings is 2. The van der Waals surface area contributed by atoms with Crippen molar-refractivity contribution in [1.82, 2.24) is 4.98 Å². The number of nitrogens with one attached hydrogen (secondary N) is 1. The van der Waals surface area contributed by atoms with Crippen LogP contribution in [-0.2, 0) is 0 Å². The highest BCUT2D eigenvalue weighted by Gasteiger charge is 2.21. The molecule has 0 spiro atoms. The second-order valence-corrected chi connectivity index (χ2v) is 6.07. The predicted octanol–water partition coefficient (Wildman–Crippen LogP) is 3.87. The number of ether oxygens (including phenoxy) is 2. The Morgan fingerprint density at radius 2 is 1.65 bits per heavy atom. The van der Waals surface area contributed by atoms with Crippen molar-refractivity contribution in [3.63, 3.8) is 0 Å². The minimum absolute atomic E-state index is 0.180. The van der Waals surface area contributed by atoms with Crippen LogP contribution in [0.15, 0.2) is 30.3 Å². The number of nitro groups is 2. The number of methoxy groups -OCH3 is 2. The molecule has 0 aliphatic carbocycles. The van der Waals surface area contributed by atoms with E-state index in [1.165, 1.54) is 32.4 Å². The number of anilines is 2. The Labute approximate surface area is 150 Å². The van der Waals surface area contributed by atoms with E-state index in [-0.39, 0.29) is 27.7 Å². The number of hydrogen-bond acceptors (Lipinski definition) is 9. The number of nitrogens with zero attached hydrogens (tertiary/aromatic N) is 3. The number of thiazole rings is 1. The van der Waals surface area contributed by atoms with Crippen LogP contribution < -0.4 is 14.8 Å². The Bertz CT molecular complexity index is 1020. The zero-order valence-corrected chi connectivity index (χ0v) is 14.4. The Kier molecular flexibility index (Phi) is 4.54. The van der Waals surface area contributed by atoms with Gasteiger partial charge in [0.2, 0.25) is 0 Å². The van der Waals surface area contributed by atoms with E-state index in [2.05, 4.69) is 10.3 Å². The molecule has 0 saturated carbocycles. The van der Waals surface area contributed by atoms with Gasteiger partial charge in [-0.05, 0) is 12.1 Å². The fourth-order valence-corrected chi connectivity index (χ4v) is 3.24. The van der Waals surface area contributed by atoms with Gasteiger partial charge in [-0.2, -0.15) is 0 Å². The third kappa shape index (κ3) is 3.19. The maximum Gasteiger partial charge on any atom is 0.300 e. The molecule has 134 valence electrons. The van der Waals surface area contributed by atoms with Crippen molar-refractivity contribution in [2.45, 2.75) is 0 Å². The normalized spacial score (nSPS) is 10.5. The lowest BCUT2D eigenvalue weighted by atomic mass is 10.2. The van der Waals surface area contributed by atoms with Gasteiger partial charge >= 0.3 is 0 Å². The molecule has 0 aliphatic heterocycles. The van der Waals surface area contributed by atoms with Crippen LogP contribution in [0.3, 0.4) is 0 Å². The lowest BCUT2D eigenvalue weighted by Gasteiger charge is -2.05. The molecular weight excluding hydrogens is 364 g/mol. The summed E-state index contributed by atoms with van der Waals surface area (Å²) in [4.78, 5) is 25.6. The smallest absolute Gasteiger partial charge is 0.300 e. The first-order chi connectivity index (χ1) is 12.4. The van der Waals surface area contributed by atoms with Crippen molar-refractivity contribution >= 4 is 43.7 Å². The van der Waals surface area contributed by atoms with Crippen LogP contribution >= 0.6 is 11.3 Å². The van der Waals surface area contributed by atoms with Crippen molar-refractivity contribution in [2.24, 2.45) is 0 Å². The Morgan fingerprint density at radius 3 is 2.27 bits per heavy atom. The molecule has 0 unspecified atom stereocenters. The molecule has 2 aromatic carbocycles. The number of non-ortho nitro benzene ring substituents is 1. The molecule has 1 N–H and O–H groups in total. The molecular formula is C15H12N4O6S. The number of nitro benzene ring substituents is 2. The van der Waals surface area contributed by atoms with E-state index in [0.29, 0.717) is 16.2 Å². The second kappa shape index (κ2) is 6.80. The molecule has 1 aromatic heterocycles. The van der Waals surface area contributed by atoms with Crippen molar-refractivity contribution in [2.75, 3.05) is 19.5 Å². The molecule has 3 aromatic rings. The van der Waals surface area contributed by atoms with Gasteiger partial charge in [-0.15, -0.1) is 0 Å². The van der Waals surface area contributed by atoms with Gasteiger partial charge in [0.15, 0.2) is 10.6 Å². The summed E-state index contributed by atoms with van der Waals surface area (Å²) < 4.78 is 10.6. The predicted molar refractivity (Wildman–Crippen MR) is 95.8 cm³/mol. The summed E-state index contributed by atoms with van der Waals surface area (Å²) in [5, 5.41) is 25.6. The molecule has 0 radical (unpaired) electrons. The topological polar surface area (TPSA) is 130 Å². The fourth-order valence-electron chi connectivity index (χ4n) is 2.31. The van der Waals surface area contributed by atoms with Crippen molar-refractivity contribution in [3.05, 3.63) is 50.6 Å². The zero-order valence-electron chi connectivity index (χ0n) is 13.6. The van der Waals surface area contributed by atoms with E-state index < -0.39 is 9.85 Å². The van der Waals surface area contributed by atoms with E-state index in [0.717, 1.165) is 11.3 Å². The summed E-state index contributed by atoms with van der Waals surface area (Å²) in [6, 6.07) is 7.22. The first kappa shape index (κ1) is 17.4. The standard InChI is InChI=1S/C15H12N4O6S/c1-24-8-3-4-10(11(5-8)18(20)21)16-15-17-14-12(19(22)23)6-9(25-2)7-13(14)26-15/h3-7H,1-2H3,(H,16,17). The SMILES string of the molecule is COc1ccc(Nc2nc3c([N+](=O)[O-])cc(OC)cc3s2)c([N+](=O)[O-])c1. The first-order valence-electron chi connectivity index (χ1n) is 7.15. The summed E-state index contributed by atoms with van der Waals surface area (Å²) in [5.41, 5.74) is -0.0208. The van der Waals surface area contributed by atoms with Gasteiger partial charge in [0.05, 0.1) is 40.9 Å². The Balaban J connectivity index is 2.06. The summed E-state index contributed by atoms with van der Waals surface area (Å²) in [6.45, 7) is 0. The number of rotatable bonds is 6. The summed E-state index contributed by atoms with van der Waals surface area (Å²) >= 11 is 1.12. The molecule has 1 heterocycles. The Hall–Kier alpha value is -3.47. The van der Waals surface area contributed by atoms with Gasteiger partial charge in [0, 0.05) is 6.07 Å². The van der Waals surface area contributed by atoms with Gasteiger partial charge in [0.25, 0.3) is 11.4 Å². The zero-order chi connectivity index (χ0) is 18.8. The largest absolute Gasteiger partial charge is 0.496 e. The van der Waals surface area contributed by atoms with Crippen molar-refractivity contribution in [1.29, 1.82) is 0 Å². The monoisotopic (exact) mass is 376 g/mol. The van der Waals surface area contributed by atoms with E-state index in [1.807, 2.05) is 0 Å². The van der Waals surface area contributed by atoms with Crippen LogP contribution in [0.4, 0.5) is 22.2 Å². The maximum atomic E-state index is 11.3. The number of fused-ring (bicyclic) bond motifs is 1. The fraction of sp³-hybridized carbons (Fsp3) is 0.133. The molecule has 26 heavy (non-hydrogen) atoms. The lowest BCUT2D eigenvalue weighted by Crippen LogP contribution is -1.97. The molecule has 0 saturated heterocycles. The molecule has 0 atom stereocenters. The number of hydrogen-bond donors (Lipinski definition) is 1. The highest BCUT2D eigenvalue weighted by atomic mass is 32.1. The van der Waals surface area contributed by atoms with Crippen LogP contribution in [0.1, 0.15) is 0 Å². The van der Waals surface area contributed by atoms with E-state index in [4.69, 9.17) is 9.47 Å². The Morgan fingerprint density at radius 1 is 1.00 bits per heavy atom. The molecule has 3 rings (SSSR count). The van der Waals surface area contributed by atoms with Crippen molar-refractivity contribution in [3.8, 4) is 11.5 Å². The molecule has 0 aliphatic rings. The van der Waals surface area contributed by atoms with Crippen molar-refractivity contribution < 1.29 is 19.3 Å². The van der Waals surface area contributed by atoms with Crippen LogP contribution in [0.25, 0.3) is 10.2 Å². The van der Waals surface area contributed by atoms with Gasteiger partial charge in [-0.25, -0.2) is 4.98 Å². The lowest BCUT2D eigenvalue weighted by molar-refractivity contribution is -0.384. The van der Waals surface area contributed by atoms with E-state index in [9.17, 15) is 20.2 Å². The van der Waals surface area contributed by atoms with Crippen LogP contribution in [0, 0.1) is 20.2 Å². The van der Waals surface area contributed by atoms with E-state index in [1.54, 1.807) is 12.1 Å². The average molecular weight is 376 g/mol. The van der Waals surface area contributed by atoms with Crippen LogP contribution in [0.2, 0.25) is 0 Å². The molecule has 10 nitrogen and oxygen atoms in total. The van der Waals surface area contributed by atoms with Crippen LogP contribution in [-0.4, -0.2) is 29.1 Å². The van der Waals surface area contributed by atoms with E-state index >= 15 is 0 Å². The average Bonchev–Trinajstić information content (AvgIpc) is 3.02. The highest BCUT2D eigenvalue weighted by molar-refractivity contribution is 7.22. The summed E-state index contributed by atoms with van der Waals surface area (Å²) in [6.07, 6.45) is 0. The minimum Gasteiger partial charge on any atom is -0.496 e. The van der Waals surface area contributed by atoms with Gasteiger partial charge in [-0.1, -0.05) is 11.3 Å². The van der Waals surface area contributed by atoms with Gasteiger partial charge < -0.3 is 14.8 Å². The molecule has 0 bridgehead atoms. The summed E-state index contributed by atoms with van der Waals surface area (Å²) in [5.74, 6) is 0.668. The maximum absolute atomic E-state index is 11.3. The molecule has 11 heteroatoms. The highest BCUT2D eigenvalue weighted by Crippen LogP contribution is 2.38. The van der Waals surface area contributed by atoms with Gasteiger partial charge in [0.1, 0.15) is 17.2 Å². The molecule has 0 amide bonds. The minimum atomic E-state index is -0.552. The quantitative estimate of drug-likeness (QED) is 0.507.